The summed E-state index contributed by atoms with van der Waals surface area (Å²) in [4.78, 5) is 3.84. The van der Waals surface area contributed by atoms with E-state index in [0.29, 0.717) is 32.1 Å². The molecule has 0 saturated heterocycles. The predicted octanol–water partition coefficient (Wildman–Crippen LogP) is 0.209. The van der Waals surface area contributed by atoms with Gasteiger partial charge in [-0.15, -0.1) is 0 Å². The molecule has 0 amide bonds. The molecule has 86 valence electrons. The quantitative estimate of drug-likeness (QED) is 0.627. The van der Waals surface area contributed by atoms with E-state index in [2.05, 4.69) is 4.98 Å². The lowest BCUT2D eigenvalue weighted by Crippen LogP contribution is -2.10. The number of oxazole rings is 1. The summed E-state index contributed by atoms with van der Waals surface area (Å²) in [5.41, 5.74) is 0.449. The Kier molecular flexibility index (Phi) is 5.76. The summed E-state index contributed by atoms with van der Waals surface area (Å²) < 4.78 is 20.0. The Labute approximate surface area is 87.8 Å². The molecule has 1 rings (SSSR count). The highest BCUT2D eigenvalue weighted by Crippen LogP contribution is 2.09. The maximum absolute atomic E-state index is 8.70. The fraction of sp³-hybridized carbons (Fsp3) is 0.667. The summed E-state index contributed by atoms with van der Waals surface area (Å²) in [7, 11) is 1.61. The molecule has 0 saturated carbocycles. The zero-order chi connectivity index (χ0) is 10.9. The molecular formula is C9H15NO5. The first kappa shape index (κ1) is 12.0. The van der Waals surface area contributed by atoms with Gasteiger partial charge in [0.25, 0.3) is 0 Å². The van der Waals surface area contributed by atoms with Gasteiger partial charge in [-0.25, -0.2) is 0 Å². The molecule has 0 fully saturated rings. The van der Waals surface area contributed by atoms with E-state index in [1.54, 1.807) is 7.11 Å². The lowest BCUT2D eigenvalue weighted by Gasteiger charge is -2.02. The average molecular weight is 217 g/mol. The molecule has 0 aliphatic heterocycles. The largest absolute Gasteiger partial charge is 0.448 e. The number of aromatic nitrogens is 1. The van der Waals surface area contributed by atoms with Crippen molar-refractivity contribution in [3.63, 3.8) is 0 Å². The number of hydrogen-bond donors (Lipinski definition) is 1. The van der Waals surface area contributed by atoms with Crippen LogP contribution in [0.15, 0.2) is 10.7 Å². The van der Waals surface area contributed by atoms with Crippen LogP contribution in [-0.2, 0) is 16.1 Å². The standard InChI is InChI=1S/C9H15NO5/c1-12-2-3-13-4-5-14-9-10-8(6-11)7-15-9/h7,11H,2-6H2,1H3. The van der Waals surface area contributed by atoms with E-state index in [4.69, 9.17) is 23.7 Å². The van der Waals surface area contributed by atoms with Crippen molar-refractivity contribution >= 4 is 0 Å². The molecule has 1 aromatic heterocycles. The van der Waals surface area contributed by atoms with Crippen molar-refractivity contribution in [2.45, 2.75) is 6.61 Å². The maximum atomic E-state index is 8.70. The maximum Gasteiger partial charge on any atom is 0.393 e. The van der Waals surface area contributed by atoms with Gasteiger partial charge in [-0.2, -0.15) is 4.98 Å². The van der Waals surface area contributed by atoms with Crippen LogP contribution in [0, 0.1) is 0 Å². The van der Waals surface area contributed by atoms with Gasteiger partial charge in [-0.1, -0.05) is 0 Å². The van der Waals surface area contributed by atoms with Crippen molar-refractivity contribution in [3.05, 3.63) is 12.0 Å². The third kappa shape index (κ3) is 4.78. The molecule has 1 N–H and O–H groups in total. The van der Waals surface area contributed by atoms with Crippen LogP contribution >= 0.6 is 0 Å². The molecule has 0 unspecified atom stereocenters. The molecule has 0 bridgehead atoms. The molecule has 0 atom stereocenters. The fourth-order valence-electron chi connectivity index (χ4n) is 0.860. The summed E-state index contributed by atoms with van der Waals surface area (Å²) in [5.74, 6) is 0. The van der Waals surface area contributed by atoms with Crippen molar-refractivity contribution in [1.29, 1.82) is 0 Å². The van der Waals surface area contributed by atoms with Crippen LogP contribution in [0.3, 0.4) is 0 Å². The minimum absolute atomic E-state index is 0.148. The number of nitrogens with zero attached hydrogens (tertiary/aromatic N) is 1. The normalized spacial score (nSPS) is 10.5. The van der Waals surface area contributed by atoms with Gasteiger partial charge in [-0.05, 0) is 0 Å². The van der Waals surface area contributed by atoms with Crippen LogP contribution in [0.4, 0.5) is 0 Å². The third-order valence-electron chi connectivity index (χ3n) is 1.58. The second-order valence-electron chi connectivity index (χ2n) is 2.72. The summed E-state index contributed by atoms with van der Waals surface area (Å²) >= 11 is 0. The van der Waals surface area contributed by atoms with Crippen molar-refractivity contribution < 1.29 is 23.7 Å². The first-order valence-corrected chi connectivity index (χ1v) is 4.61. The van der Waals surface area contributed by atoms with Crippen LogP contribution in [0.1, 0.15) is 5.69 Å². The van der Waals surface area contributed by atoms with E-state index < -0.39 is 0 Å². The van der Waals surface area contributed by atoms with Gasteiger partial charge in [0.1, 0.15) is 18.6 Å². The van der Waals surface area contributed by atoms with E-state index in [1.807, 2.05) is 0 Å². The molecule has 0 radical (unpaired) electrons. The zero-order valence-corrected chi connectivity index (χ0v) is 8.64. The van der Waals surface area contributed by atoms with E-state index >= 15 is 0 Å². The lowest BCUT2D eigenvalue weighted by atomic mass is 10.5. The van der Waals surface area contributed by atoms with E-state index in [0.717, 1.165) is 0 Å². The fourth-order valence-corrected chi connectivity index (χ4v) is 0.860. The highest BCUT2D eigenvalue weighted by atomic mass is 16.6. The van der Waals surface area contributed by atoms with Crippen LogP contribution in [0.2, 0.25) is 0 Å². The first-order chi connectivity index (χ1) is 7.36. The lowest BCUT2D eigenvalue weighted by molar-refractivity contribution is 0.0489. The number of aliphatic hydroxyl groups excluding tert-OH is 1. The average Bonchev–Trinajstić information content (AvgIpc) is 2.71. The minimum Gasteiger partial charge on any atom is -0.448 e. The van der Waals surface area contributed by atoms with Crippen LogP contribution in [0.5, 0.6) is 6.08 Å². The van der Waals surface area contributed by atoms with Crippen molar-refractivity contribution in [2.24, 2.45) is 0 Å². The number of aliphatic hydroxyl groups is 1. The number of hydrogen-bond acceptors (Lipinski definition) is 6. The predicted molar refractivity (Wildman–Crippen MR) is 50.6 cm³/mol. The Bertz CT molecular complexity index is 263. The Morgan fingerprint density at radius 3 is 2.80 bits per heavy atom. The summed E-state index contributed by atoms with van der Waals surface area (Å²) in [5, 5.41) is 8.70. The number of rotatable bonds is 8. The number of methoxy groups -OCH3 is 1. The van der Waals surface area contributed by atoms with Crippen LogP contribution < -0.4 is 4.74 Å². The van der Waals surface area contributed by atoms with Gasteiger partial charge in [0.2, 0.25) is 0 Å². The smallest absolute Gasteiger partial charge is 0.393 e. The van der Waals surface area contributed by atoms with Crippen molar-refractivity contribution in [1.82, 2.24) is 4.98 Å². The SMILES string of the molecule is COCCOCCOc1nc(CO)co1. The minimum atomic E-state index is -0.156. The first-order valence-electron chi connectivity index (χ1n) is 4.61. The molecule has 15 heavy (non-hydrogen) atoms. The Morgan fingerprint density at radius 2 is 2.13 bits per heavy atom. The van der Waals surface area contributed by atoms with Gasteiger partial charge in [-0.3, -0.25) is 0 Å². The molecular weight excluding hydrogens is 202 g/mol. The summed E-state index contributed by atoms with van der Waals surface area (Å²) in [6.07, 6.45) is 1.50. The molecule has 1 heterocycles. The highest BCUT2D eigenvalue weighted by Gasteiger charge is 2.02. The topological polar surface area (TPSA) is 74.0 Å². The van der Waals surface area contributed by atoms with E-state index in [9.17, 15) is 0 Å². The molecule has 0 spiro atoms. The van der Waals surface area contributed by atoms with Gasteiger partial charge in [0, 0.05) is 7.11 Å². The Morgan fingerprint density at radius 1 is 1.33 bits per heavy atom. The third-order valence-corrected chi connectivity index (χ3v) is 1.58. The summed E-state index contributed by atoms with van der Waals surface area (Å²) in [6.45, 7) is 1.74. The van der Waals surface area contributed by atoms with Crippen molar-refractivity contribution in [3.8, 4) is 6.08 Å². The van der Waals surface area contributed by atoms with Crippen LogP contribution in [-0.4, -0.2) is 43.6 Å². The number of ether oxygens (including phenoxy) is 3. The van der Waals surface area contributed by atoms with Gasteiger partial charge in [0.15, 0.2) is 0 Å². The van der Waals surface area contributed by atoms with Crippen molar-refractivity contribution in [2.75, 3.05) is 33.5 Å². The molecule has 1 aromatic rings. The summed E-state index contributed by atoms with van der Waals surface area (Å²) in [6, 6.07) is 0. The molecule has 0 aliphatic rings. The van der Waals surface area contributed by atoms with E-state index in [-0.39, 0.29) is 12.7 Å². The zero-order valence-electron chi connectivity index (χ0n) is 8.64. The highest BCUT2D eigenvalue weighted by molar-refractivity contribution is 4.97. The monoisotopic (exact) mass is 217 g/mol. The molecule has 0 aromatic carbocycles. The van der Waals surface area contributed by atoms with Gasteiger partial charge in [0.05, 0.1) is 26.4 Å². The Hall–Kier alpha value is -1.11. The molecule has 6 nitrogen and oxygen atoms in total. The Balaban J connectivity index is 2.04. The molecule has 6 heteroatoms. The second-order valence-corrected chi connectivity index (χ2v) is 2.72. The van der Waals surface area contributed by atoms with Gasteiger partial charge < -0.3 is 23.7 Å². The van der Waals surface area contributed by atoms with E-state index in [1.165, 1.54) is 6.26 Å². The molecule has 0 aliphatic carbocycles. The second kappa shape index (κ2) is 7.22. The van der Waals surface area contributed by atoms with Gasteiger partial charge >= 0.3 is 6.08 Å². The van der Waals surface area contributed by atoms with Crippen LogP contribution in [0.25, 0.3) is 0 Å².